The quantitative estimate of drug-likeness (QED) is 0.525. The molecule has 0 heterocycles. The highest BCUT2D eigenvalue weighted by Crippen LogP contribution is 1.99. The minimum atomic E-state index is 0.519. The molecule has 1 unspecified atom stereocenters. The average molecular weight is 326 g/mol. The fourth-order valence-electron chi connectivity index (χ4n) is 2.78. The molecule has 3 nitrogen and oxygen atoms in total. The Balaban J connectivity index is 1.50. The lowest BCUT2D eigenvalue weighted by Crippen LogP contribution is -2.39. The Morgan fingerprint density at radius 3 is 1.79 bits per heavy atom. The van der Waals surface area contributed by atoms with Crippen LogP contribution in [0.15, 0.2) is 60.7 Å². The maximum atomic E-state index is 3.56. The molecule has 0 bridgehead atoms. The number of rotatable bonds is 12. The number of hydrogen-bond acceptors (Lipinski definition) is 3. The standard InChI is InChI=1S/C21H31N3/c1-22-21(18-24-16-13-20-10-6-3-7-11-20)14-17-23-15-12-19-8-4-2-5-9-19/h2-11,21-24H,12-18H2,1H3. The Kier molecular flexibility index (Phi) is 9.17. The van der Waals surface area contributed by atoms with E-state index in [1.54, 1.807) is 0 Å². The lowest BCUT2D eigenvalue weighted by molar-refractivity contribution is 0.466. The van der Waals surface area contributed by atoms with Crippen molar-refractivity contribution in [1.29, 1.82) is 0 Å². The second kappa shape index (κ2) is 11.8. The molecule has 0 aliphatic rings. The highest BCUT2D eigenvalue weighted by Gasteiger charge is 2.04. The van der Waals surface area contributed by atoms with Gasteiger partial charge in [-0.05, 0) is 57.1 Å². The van der Waals surface area contributed by atoms with E-state index in [9.17, 15) is 0 Å². The highest BCUT2D eigenvalue weighted by molar-refractivity contribution is 5.15. The number of benzene rings is 2. The summed E-state index contributed by atoms with van der Waals surface area (Å²) in [6, 6.07) is 21.8. The van der Waals surface area contributed by atoms with E-state index in [0.29, 0.717) is 6.04 Å². The zero-order chi connectivity index (χ0) is 16.9. The molecule has 3 N–H and O–H groups in total. The van der Waals surface area contributed by atoms with Crippen LogP contribution >= 0.6 is 0 Å². The SMILES string of the molecule is CNC(CCNCCc1ccccc1)CNCCc1ccccc1. The van der Waals surface area contributed by atoms with Crippen LogP contribution in [0, 0.1) is 0 Å². The molecule has 24 heavy (non-hydrogen) atoms. The molecule has 0 fully saturated rings. The maximum Gasteiger partial charge on any atom is 0.0201 e. The normalized spacial score (nSPS) is 12.2. The lowest BCUT2D eigenvalue weighted by Gasteiger charge is -2.17. The third-order valence-electron chi connectivity index (χ3n) is 4.34. The van der Waals surface area contributed by atoms with Crippen LogP contribution in [-0.2, 0) is 12.8 Å². The summed E-state index contributed by atoms with van der Waals surface area (Å²) < 4.78 is 0. The van der Waals surface area contributed by atoms with Crippen LogP contribution in [0.1, 0.15) is 17.5 Å². The number of likely N-dealkylation sites (N-methyl/N-ethyl adjacent to an activating group) is 1. The van der Waals surface area contributed by atoms with Crippen molar-refractivity contribution in [2.24, 2.45) is 0 Å². The smallest absolute Gasteiger partial charge is 0.0201 e. The summed E-state index contributed by atoms with van der Waals surface area (Å²) in [5, 5.41) is 10.5. The third kappa shape index (κ3) is 7.73. The van der Waals surface area contributed by atoms with Gasteiger partial charge in [0.2, 0.25) is 0 Å². The van der Waals surface area contributed by atoms with Gasteiger partial charge in [0, 0.05) is 12.6 Å². The van der Waals surface area contributed by atoms with Crippen molar-refractivity contribution in [3.8, 4) is 0 Å². The summed E-state index contributed by atoms with van der Waals surface area (Å²) in [5.74, 6) is 0. The second-order valence-corrected chi connectivity index (χ2v) is 6.20. The molecule has 0 aromatic heterocycles. The summed E-state index contributed by atoms with van der Waals surface area (Å²) in [6.07, 6.45) is 3.33. The Morgan fingerprint density at radius 2 is 1.25 bits per heavy atom. The van der Waals surface area contributed by atoms with Crippen molar-refractivity contribution >= 4 is 0 Å². The molecular weight excluding hydrogens is 294 g/mol. The first-order chi connectivity index (χ1) is 11.9. The van der Waals surface area contributed by atoms with Crippen LogP contribution in [0.4, 0.5) is 0 Å². The van der Waals surface area contributed by atoms with E-state index in [0.717, 1.165) is 45.4 Å². The van der Waals surface area contributed by atoms with Gasteiger partial charge in [-0.1, -0.05) is 60.7 Å². The van der Waals surface area contributed by atoms with Gasteiger partial charge in [0.25, 0.3) is 0 Å². The van der Waals surface area contributed by atoms with E-state index >= 15 is 0 Å². The van der Waals surface area contributed by atoms with Crippen molar-refractivity contribution < 1.29 is 0 Å². The molecular formula is C21H31N3. The predicted octanol–water partition coefficient (Wildman–Crippen LogP) is 2.63. The Hall–Kier alpha value is -1.68. The summed E-state index contributed by atoms with van der Waals surface area (Å²) in [4.78, 5) is 0. The first kappa shape index (κ1) is 18.7. The minimum Gasteiger partial charge on any atom is -0.316 e. The fourth-order valence-corrected chi connectivity index (χ4v) is 2.78. The molecule has 0 aliphatic heterocycles. The molecule has 0 aliphatic carbocycles. The van der Waals surface area contributed by atoms with Gasteiger partial charge in [0.05, 0.1) is 0 Å². The number of nitrogens with one attached hydrogen (secondary N) is 3. The van der Waals surface area contributed by atoms with Crippen molar-refractivity contribution in [3.05, 3.63) is 71.8 Å². The molecule has 0 saturated carbocycles. The van der Waals surface area contributed by atoms with E-state index in [4.69, 9.17) is 0 Å². The van der Waals surface area contributed by atoms with Crippen LogP contribution in [0.5, 0.6) is 0 Å². The Morgan fingerprint density at radius 1 is 0.708 bits per heavy atom. The molecule has 0 saturated heterocycles. The molecule has 2 aromatic rings. The lowest BCUT2D eigenvalue weighted by atomic mass is 10.1. The Bertz CT molecular complexity index is 527. The first-order valence-corrected chi connectivity index (χ1v) is 9.05. The topological polar surface area (TPSA) is 36.1 Å². The summed E-state index contributed by atoms with van der Waals surface area (Å²) >= 11 is 0. The van der Waals surface area contributed by atoms with E-state index in [1.807, 2.05) is 7.05 Å². The summed E-state index contributed by atoms with van der Waals surface area (Å²) in [6.45, 7) is 4.15. The number of hydrogen-bond donors (Lipinski definition) is 3. The van der Waals surface area contributed by atoms with Crippen LogP contribution in [-0.4, -0.2) is 39.3 Å². The van der Waals surface area contributed by atoms with Gasteiger partial charge in [-0.3, -0.25) is 0 Å². The van der Waals surface area contributed by atoms with Gasteiger partial charge < -0.3 is 16.0 Å². The van der Waals surface area contributed by atoms with Crippen molar-refractivity contribution in [2.45, 2.75) is 25.3 Å². The van der Waals surface area contributed by atoms with Gasteiger partial charge in [0.1, 0.15) is 0 Å². The molecule has 2 aromatic carbocycles. The van der Waals surface area contributed by atoms with Gasteiger partial charge in [-0.2, -0.15) is 0 Å². The monoisotopic (exact) mass is 325 g/mol. The first-order valence-electron chi connectivity index (χ1n) is 9.05. The molecule has 0 spiro atoms. The minimum absolute atomic E-state index is 0.519. The van der Waals surface area contributed by atoms with Crippen molar-refractivity contribution in [1.82, 2.24) is 16.0 Å². The summed E-state index contributed by atoms with van der Waals surface area (Å²) in [5.41, 5.74) is 2.80. The molecule has 3 heteroatoms. The van der Waals surface area contributed by atoms with Gasteiger partial charge in [0.15, 0.2) is 0 Å². The molecule has 0 amide bonds. The molecule has 1 atom stereocenters. The van der Waals surface area contributed by atoms with E-state index in [1.165, 1.54) is 11.1 Å². The van der Waals surface area contributed by atoms with E-state index in [2.05, 4.69) is 76.6 Å². The van der Waals surface area contributed by atoms with Crippen molar-refractivity contribution in [2.75, 3.05) is 33.2 Å². The largest absolute Gasteiger partial charge is 0.316 e. The van der Waals surface area contributed by atoms with Crippen LogP contribution in [0.2, 0.25) is 0 Å². The maximum absolute atomic E-state index is 3.56. The third-order valence-corrected chi connectivity index (χ3v) is 4.34. The second-order valence-electron chi connectivity index (χ2n) is 6.20. The van der Waals surface area contributed by atoms with E-state index in [-0.39, 0.29) is 0 Å². The van der Waals surface area contributed by atoms with Gasteiger partial charge >= 0.3 is 0 Å². The van der Waals surface area contributed by atoms with Crippen molar-refractivity contribution in [3.63, 3.8) is 0 Å². The average Bonchev–Trinajstić information content (AvgIpc) is 2.65. The summed E-state index contributed by atoms with van der Waals surface area (Å²) in [7, 11) is 2.05. The zero-order valence-electron chi connectivity index (χ0n) is 14.8. The Labute approximate surface area is 146 Å². The highest BCUT2D eigenvalue weighted by atomic mass is 15.0. The van der Waals surface area contributed by atoms with E-state index < -0.39 is 0 Å². The fraction of sp³-hybridized carbons (Fsp3) is 0.429. The van der Waals surface area contributed by atoms with Gasteiger partial charge in [-0.15, -0.1) is 0 Å². The van der Waals surface area contributed by atoms with Gasteiger partial charge in [-0.25, -0.2) is 0 Å². The molecule has 0 radical (unpaired) electrons. The predicted molar refractivity (Wildman–Crippen MR) is 103 cm³/mol. The molecule has 130 valence electrons. The molecule has 2 rings (SSSR count). The van der Waals surface area contributed by atoms with Crippen LogP contribution < -0.4 is 16.0 Å². The zero-order valence-corrected chi connectivity index (χ0v) is 14.8. The van der Waals surface area contributed by atoms with Crippen LogP contribution in [0.3, 0.4) is 0 Å². The van der Waals surface area contributed by atoms with Crippen LogP contribution in [0.25, 0.3) is 0 Å².